The molecule has 114 valence electrons. The van der Waals surface area contributed by atoms with E-state index in [9.17, 15) is 0 Å². The molecule has 0 radical (unpaired) electrons. The molecule has 0 aliphatic carbocycles. The summed E-state index contributed by atoms with van der Waals surface area (Å²) in [5, 5.41) is 6.54. The second-order valence-corrected chi connectivity index (χ2v) is 6.08. The number of nitrogens with one attached hydrogen (secondary N) is 1. The molecule has 0 aliphatic rings. The molecule has 0 aromatic carbocycles. The normalized spacial score (nSPS) is 10.7. The fourth-order valence-electron chi connectivity index (χ4n) is 1.99. The molecule has 0 bridgehead atoms. The highest BCUT2D eigenvalue weighted by molar-refractivity contribution is 7.09. The number of hydrogen-bond acceptors (Lipinski definition) is 6. The number of nitrogens with zero attached hydrogens (tertiary/aromatic N) is 4. The molecule has 2 aromatic heterocycles. The van der Waals surface area contributed by atoms with Crippen molar-refractivity contribution >= 4 is 23.0 Å². The highest BCUT2D eigenvalue weighted by Gasteiger charge is 2.09. The lowest BCUT2D eigenvalue weighted by molar-refractivity contribution is 0.840. The van der Waals surface area contributed by atoms with E-state index in [-0.39, 0.29) is 0 Å². The molecule has 0 spiro atoms. The molecule has 2 rings (SSSR count). The minimum Gasteiger partial charge on any atom is -0.370 e. The number of aromatic nitrogens is 3. The van der Waals surface area contributed by atoms with Gasteiger partial charge in [0, 0.05) is 31.5 Å². The van der Waals surface area contributed by atoms with Crippen molar-refractivity contribution in [3.8, 4) is 0 Å². The smallest absolute Gasteiger partial charge is 0.134 e. The number of hydrogen-bond donors (Lipinski definition) is 1. The minimum atomic E-state index is 0.762. The average molecular weight is 305 g/mol. The van der Waals surface area contributed by atoms with Crippen LogP contribution in [0.2, 0.25) is 0 Å². The van der Waals surface area contributed by atoms with Crippen molar-refractivity contribution in [3.63, 3.8) is 0 Å². The summed E-state index contributed by atoms with van der Waals surface area (Å²) in [6.07, 6.45) is 1.91. The van der Waals surface area contributed by atoms with Gasteiger partial charge in [-0.15, -0.1) is 11.3 Å². The molecule has 0 fully saturated rings. The van der Waals surface area contributed by atoms with Gasteiger partial charge in [0.2, 0.25) is 0 Å². The van der Waals surface area contributed by atoms with Gasteiger partial charge in [-0.3, -0.25) is 0 Å². The Labute approximate surface area is 130 Å². The second-order valence-electron chi connectivity index (χ2n) is 5.02. The highest BCUT2D eigenvalue weighted by atomic mass is 32.1. The summed E-state index contributed by atoms with van der Waals surface area (Å²) in [5.41, 5.74) is 1.08. The molecule has 2 aromatic rings. The van der Waals surface area contributed by atoms with Crippen molar-refractivity contribution in [2.75, 3.05) is 23.8 Å². The maximum absolute atomic E-state index is 4.61. The average Bonchev–Trinajstić information content (AvgIpc) is 2.89. The zero-order valence-electron chi connectivity index (χ0n) is 13.2. The predicted molar refractivity (Wildman–Crippen MR) is 89.1 cm³/mol. The number of rotatable bonds is 7. The van der Waals surface area contributed by atoms with Crippen LogP contribution in [0.15, 0.2) is 11.4 Å². The van der Waals surface area contributed by atoms with Gasteiger partial charge in [-0.2, -0.15) is 0 Å². The van der Waals surface area contributed by atoms with Gasteiger partial charge in [0.05, 0.1) is 17.2 Å². The summed E-state index contributed by atoms with van der Waals surface area (Å²) < 4.78 is 0. The lowest BCUT2D eigenvalue weighted by Gasteiger charge is -2.18. The third kappa shape index (κ3) is 4.39. The summed E-state index contributed by atoms with van der Waals surface area (Å²) in [7, 11) is 2.04. The molecule has 0 atom stereocenters. The van der Waals surface area contributed by atoms with Gasteiger partial charge in [-0.25, -0.2) is 15.0 Å². The first-order chi connectivity index (χ1) is 10.1. The van der Waals surface area contributed by atoms with Gasteiger partial charge in [-0.05, 0) is 13.3 Å². The standard InChI is InChI=1S/C15H23N5S/c1-5-7-16-14-8-15(19-13(6-2)18-14)20(4)9-12-10-21-11(3)17-12/h8,10H,5-7,9H2,1-4H3,(H,16,18,19). The highest BCUT2D eigenvalue weighted by Crippen LogP contribution is 2.18. The Balaban J connectivity index is 2.16. The molecule has 2 heterocycles. The van der Waals surface area contributed by atoms with Gasteiger partial charge in [-0.1, -0.05) is 13.8 Å². The summed E-state index contributed by atoms with van der Waals surface area (Å²) in [6, 6.07) is 2.01. The third-order valence-corrected chi connectivity index (χ3v) is 3.91. The summed E-state index contributed by atoms with van der Waals surface area (Å²) >= 11 is 1.68. The van der Waals surface area contributed by atoms with Gasteiger partial charge < -0.3 is 10.2 Å². The van der Waals surface area contributed by atoms with Crippen molar-refractivity contribution in [3.05, 3.63) is 28.0 Å². The molecule has 1 N–H and O–H groups in total. The molecule has 0 saturated heterocycles. The fraction of sp³-hybridized carbons (Fsp3) is 0.533. The van der Waals surface area contributed by atoms with Crippen LogP contribution < -0.4 is 10.2 Å². The van der Waals surface area contributed by atoms with Gasteiger partial charge >= 0.3 is 0 Å². The second kappa shape index (κ2) is 7.36. The SMILES string of the molecule is CCCNc1cc(N(C)Cc2csc(C)n2)nc(CC)n1. The van der Waals surface area contributed by atoms with E-state index in [4.69, 9.17) is 0 Å². The van der Waals surface area contributed by atoms with E-state index < -0.39 is 0 Å². The maximum atomic E-state index is 4.61. The Morgan fingerprint density at radius 2 is 2.05 bits per heavy atom. The zero-order chi connectivity index (χ0) is 15.2. The Kier molecular flexibility index (Phi) is 5.50. The van der Waals surface area contributed by atoms with Crippen LogP contribution in [-0.2, 0) is 13.0 Å². The zero-order valence-corrected chi connectivity index (χ0v) is 14.0. The molecule has 6 heteroatoms. The predicted octanol–water partition coefficient (Wildman–Crippen LogP) is 3.26. The minimum absolute atomic E-state index is 0.762. The van der Waals surface area contributed by atoms with E-state index in [1.54, 1.807) is 11.3 Å². The lowest BCUT2D eigenvalue weighted by atomic mass is 10.3. The molecule has 0 saturated carbocycles. The van der Waals surface area contributed by atoms with Gasteiger partial charge in [0.1, 0.15) is 17.5 Å². The molecule has 0 aliphatic heterocycles. The van der Waals surface area contributed by atoms with Crippen LogP contribution in [0.3, 0.4) is 0 Å². The van der Waals surface area contributed by atoms with Gasteiger partial charge in [0.15, 0.2) is 0 Å². The number of anilines is 2. The molecule has 21 heavy (non-hydrogen) atoms. The van der Waals surface area contributed by atoms with E-state index >= 15 is 0 Å². The Bertz CT molecular complexity index is 581. The summed E-state index contributed by atoms with van der Waals surface area (Å²) in [6.45, 7) is 7.94. The van der Waals surface area contributed by atoms with Crippen LogP contribution in [0.25, 0.3) is 0 Å². The Morgan fingerprint density at radius 3 is 2.67 bits per heavy atom. The fourth-order valence-corrected chi connectivity index (χ4v) is 2.59. The molecule has 0 amide bonds. The summed E-state index contributed by atoms with van der Waals surface area (Å²) in [4.78, 5) is 15.8. The monoisotopic (exact) mass is 305 g/mol. The first-order valence-corrected chi connectivity index (χ1v) is 8.24. The summed E-state index contributed by atoms with van der Waals surface area (Å²) in [5.74, 6) is 2.71. The number of aryl methyl sites for hydroxylation is 2. The van der Waals surface area contributed by atoms with E-state index in [1.165, 1.54) is 0 Å². The first-order valence-electron chi connectivity index (χ1n) is 7.36. The molecular formula is C15H23N5S. The van der Waals surface area contributed by atoms with E-state index in [0.29, 0.717) is 0 Å². The lowest BCUT2D eigenvalue weighted by Crippen LogP contribution is -2.19. The first kappa shape index (κ1) is 15.7. The topological polar surface area (TPSA) is 53.9 Å². The third-order valence-electron chi connectivity index (χ3n) is 3.09. The van der Waals surface area contributed by atoms with Crippen molar-refractivity contribution < 1.29 is 0 Å². The molecule has 0 unspecified atom stereocenters. The Hall–Kier alpha value is -1.69. The van der Waals surface area contributed by atoms with E-state index in [2.05, 4.69) is 44.4 Å². The molecule has 5 nitrogen and oxygen atoms in total. The van der Waals surface area contributed by atoms with Crippen molar-refractivity contribution in [2.24, 2.45) is 0 Å². The van der Waals surface area contributed by atoms with Crippen LogP contribution in [-0.4, -0.2) is 28.5 Å². The van der Waals surface area contributed by atoms with Crippen molar-refractivity contribution in [2.45, 2.75) is 40.2 Å². The van der Waals surface area contributed by atoms with Crippen LogP contribution >= 0.6 is 11.3 Å². The van der Waals surface area contributed by atoms with Crippen LogP contribution in [0.5, 0.6) is 0 Å². The van der Waals surface area contributed by atoms with Crippen LogP contribution in [0.4, 0.5) is 11.6 Å². The molecular weight excluding hydrogens is 282 g/mol. The van der Waals surface area contributed by atoms with Crippen molar-refractivity contribution in [1.29, 1.82) is 0 Å². The van der Waals surface area contributed by atoms with Crippen LogP contribution in [0.1, 0.15) is 36.8 Å². The van der Waals surface area contributed by atoms with E-state index in [1.807, 2.05) is 20.0 Å². The van der Waals surface area contributed by atoms with Crippen LogP contribution in [0, 0.1) is 6.92 Å². The van der Waals surface area contributed by atoms with E-state index in [0.717, 1.165) is 54.1 Å². The Morgan fingerprint density at radius 1 is 1.24 bits per heavy atom. The maximum Gasteiger partial charge on any atom is 0.134 e. The van der Waals surface area contributed by atoms with Gasteiger partial charge in [0.25, 0.3) is 0 Å². The van der Waals surface area contributed by atoms with Crippen molar-refractivity contribution in [1.82, 2.24) is 15.0 Å². The quantitative estimate of drug-likeness (QED) is 0.851. The number of thiazole rings is 1. The largest absolute Gasteiger partial charge is 0.370 e.